The maximum Gasteiger partial charge on any atom is 0.203 e. The average molecular weight is 725 g/mol. The van der Waals surface area contributed by atoms with E-state index in [0.29, 0.717) is 59.6 Å². The van der Waals surface area contributed by atoms with Crippen LogP contribution in [0, 0.1) is 0 Å². The first kappa shape index (κ1) is 35.7. The van der Waals surface area contributed by atoms with E-state index in [1.807, 2.05) is 72.8 Å². The molecule has 0 fully saturated rings. The van der Waals surface area contributed by atoms with Gasteiger partial charge in [0, 0.05) is 75.1 Å². The van der Waals surface area contributed by atoms with Crippen molar-refractivity contribution >= 4 is 50.3 Å². The minimum absolute atomic E-state index is 0.271. The zero-order chi connectivity index (χ0) is 34.9. The molecule has 0 spiro atoms. The summed E-state index contributed by atoms with van der Waals surface area (Å²) in [7, 11) is -4.77. The van der Waals surface area contributed by atoms with Crippen molar-refractivity contribution in [1.82, 2.24) is 4.58 Å². The summed E-state index contributed by atoms with van der Waals surface area (Å²) in [6.07, 6.45) is 0. The molecule has 0 aromatic heterocycles. The minimum Gasteiger partial charge on any atom is -0.744 e. The van der Waals surface area contributed by atoms with Crippen molar-refractivity contribution in [2.75, 3.05) is 55.7 Å². The molecule has 0 saturated carbocycles. The van der Waals surface area contributed by atoms with Crippen LogP contribution in [0.25, 0.3) is 33.4 Å². The fourth-order valence-electron chi connectivity index (χ4n) is 6.07. The number of anilines is 1. The number of thioether (sulfide) groups is 2. The Morgan fingerprint density at radius 2 is 1.38 bits per heavy atom. The Morgan fingerprint density at radius 3 is 2.06 bits per heavy atom. The number of fused-ring (bicyclic) bond motifs is 2. The van der Waals surface area contributed by atoms with Gasteiger partial charge in [0.25, 0.3) is 0 Å². The Morgan fingerprint density at radius 1 is 0.700 bits per heavy atom. The molecule has 0 amide bonds. The standard InChI is InChI=1S/C39H40N4O4S3/c40-19-21-42(23-25-48-31-9-3-1-4-10-31)29-15-17-33-36(27-29)47-37-28-30(43(22-20-41)24-26-49-32-11-5-2-6-12-32)16-18-34(37)39(33)35-13-7-8-14-38(35)50(44,45)46/h1-18,27-28H,19-26,40-41H2. The zero-order valence-electron chi connectivity index (χ0n) is 27.6. The third kappa shape index (κ3) is 8.60. The van der Waals surface area contributed by atoms with Gasteiger partial charge in [-0.2, -0.15) is 0 Å². The lowest BCUT2D eigenvalue weighted by Gasteiger charge is -2.25. The van der Waals surface area contributed by atoms with Gasteiger partial charge in [-0.05, 0) is 48.5 Å². The van der Waals surface area contributed by atoms with Crippen LogP contribution in [0.3, 0.4) is 0 Å². The van der Waals surface area contributed by atoms with Gasteiger partial charge in [-0.15, -0.1) is 23.5 Å². The Balaban J connectivity index is 1.46. The SMILES string of the molecule is NCCN(CCSc1ccccc1)c1ccc2c(-c3ccccc3S(=O)(=O)[O-])c3ccc(=[N+](CCN)CCSc4ccccc4)cc-3oc2c1. The van der Waals surface area contributed by atoms with Crippen molar-refractivity contribution in [2.24, 2.45) is 11.5 Å². The average Bonchev–Trinajstić information content (AvgIpc) is 3.13. The normalized spacial score (nSPS) is 12.4. The summed E-state index contributed by atoms with van der Waals surface area (Å²) >= 11 is 3.57. The Labute approximate surface area is 301 Å². The minimum atomic E-state index is -4.77. The Bertz CT molecular complexity index is 2190. The van der Waals surface area contributed by atoms with Crippen LogP contribution in [0.15, 0.2) is 140 Å². The monoisotopic (exact) mass is 724 g/mol. The Hall–Kier alpha value is -4.10. The molecule has 1 heterocycles. The van der Waals surface area contributed by atoms with Crippen LogP contribution in [0.1, 0.15) is 0 Å². The second-order valence-corrected chi connectivity index (χ2v) is 15.3. The lowest BCUT2D eigenvalue weighted by atomic mass is 9.93. The summed E-state index contributed by atoms with van der Waals surface area (Å²) in [4.78, 5) is 4.37. The van der Waals surface area contributed by atoms with Gasteiger partial charge in [0.05, 0.1) is 23.3 Å². The molecule has 0 unspecified atom stereocenters. The first-order chi connectivity index (χ1) is 24.4. The van der Waals surface area contributed by atoms with Gasteiger partial charge in [-0.3, -0.25) is 0 Å². The van der Waals surface area contributed by atoms with Crippen molar-refractivity contribution in [2.45, 2.75) is 14.7 Å². The van der Waals surface area contributed by atoms with E-state index in [9.17, 15) is 13.0 Å². The van der Waals surface area contributed by atoms with Crippen molar-refractivity contribution < 1.29 is 17.4 Å². The highest BCUT2D eigenvalue weighted by atomic mass is 32.2. The summed E-state index contributed by atoms with van der Waals surface area (Å²) in [6.45, 7) is 3.78. The molecule has 8 nitrogen and oxygen atoms in total. The third-order valence-corrected chi connectivity index (χ3v) is 11.3. The van der Waals surface area contributed by atoms with E-state index < -0.39 is 10.1 Å². The number of benzene rings is 5. The lowest BCUT2D eigenvalue weighted by Crippen LogP contribution is -2.36. The summed E-state index contributed by atoms with van der Waals surface area (Å²) in [5.74, 6) is 2.29. The van der Waals surface area contributed by atoms with Gasteiger partial charge in [0.2, 0.25) is 5.36 Å². The third-order valence-electron chi connectivity index (χ3n) is 8.39. The smallest absolute Gasteiger partial charge is 0.203 e. The molecule has 2 aliphatic rings. The van der Waals surface area contributed by atoms with Crippen molar-refractivity contribution in [3.63, 3.8) is 0 Å². The lowest BCUT2D eigenvalue weighted by molar-refractivity contribution is 0.463. The number of hydrogen-bond acceptors (Lipinski definition) is 9. The second kappa shape index (κ2) is 16.7. The van der Waals surface area contributed by atoms with Crippen LogP contribution in [0.2, 0.25) is 0 Å². The first-order valence-electron chi connectivity index (χ1n) is 16.5. The highest BCUT2D eigenvalue weighted by Crippen LogP contribution is 2.43. The van der Waals surface area contributed by atoms with E-state index in [-0.39, 0.29) is 4.90 Å². The molecule has 6 rings (SSSR count). The maximum atomic E-state index is 12.5. The molecule has 4 N–H and O–H groups in total. The van der Waals surface area contributed by atoms with E-state index in [4.69, 9.17) is 15.9 Å². The molecule has 4 aromatic carbocycles. The van der Waals surface area contributed by atoms with Gasteiger partial charge in [0.15, 0.2) is 13.1 Å². The van der Waals surface area contributed by atoms with Crippen LogP contribution < -0.4 is 26.3 Å². The molecule has 4 aromatic rings. The van der Waals surface area contributed by atoms with Gasteiger partial charge >= 0.3 is 0 Å². The first-order valence-corrected chi connectivity index (χ1v) is 19.9. The zero-order valence-corrected chi connectivity index (χ0v) is 30.1. The summed E-state index contributed by atoms with van der Waals surface area (Å²) in [5.41, 5.74) is 15.3. The van der Waals surface area contributed by atoms with E-state index in [1.54, 1.807) is 41.7 Å². The molecular formula is C39H40N4O4S3. The van der Waals surface area contributed by atoms with E-state index in [2.05, 4.69) is 33.7 Å². The quantitative estimate of drug-likeness (QED) is 0.0552. The number of nitrogens with zero attached hydrogens (tertiary/aromatic N) is 2. The second-order valence-electron chi connectivity index (χ2n) is 11.7. The predicted molar refractivity (Wildman–Crippen MR) is 206 cm³/mol. The highest BCUT2D eigenvalue weighted by molar-refractivity contribution is 7.99. The molecule has 258 valence electrons. The molecule has 0 bridgehead atoms. The highest BCUT2D eigenvalue weighted by Gasteiger charge is 2.23. The van der Waals surface area contributed by atoms with Crippen molar-refractivity contribution in [3.8, 4) is 22.5 Å². The molecule has 1 aliphatic heterocycles. The number of rotatable bonds is 15. The largest absolute Gasteiger partial charge is 0.744 e. The van der Waals surface area contributed by atoms with Gasteiger partial charge in [-0.25, -0.2) is 13.0 Å². The van der Waals surface area contributed by atoms with Crippen molar-refractivity contribution in [3.05, 3.63) is 127 Å². The van der Waals surface area contributed by atoms with Crippen LogP contribution in [0.4, 0.5) is 5.69 Å². The summed E-state index contributed by atoms with van der Waals surface area (Å²) in [5, 5.41) is 1.64. The van der Waals surface area contributed by atoms with Crippen molar-refractivity contribution in [1.29, 1.82) is 0 Å². The summed E-state index contributed by atoms with van der Waals surface area (Å²) in [6, 6.07) is 38.8. The summed E-state index contributed by atoms with van der Waals surface area (Å²) < 4.78 is 46.4. The molecule has 0 radical (unpaired) electrons. The van der Waals surface area contributed by atoms with Gasteiger partial charge < -0.3 is 25.3 Å². The number of hydrogen-bond donors (Lipinski definition) is 2. The predicted octanol–water partition coefficient (Wildman–Crippen LogP) is 6.19. The van der Waals surface area contributed by atoms with Gasteiger partial charge in [-0.1, -0.05) is 54.6 Å². The molecule has 0 atom stereocenters. The topological polar surface area (TPSA) is 129 Å². The van der Waals surface area contributed by atoms with E-state index in [1.165, 1.54) is 15.9 Å². The molecular weight excluding hydrogens is 685 g/mol. The fourth-order valence-corrected chi connectivity index (χ4v) is 8.55. The Kier molecular flexibility index (Phi) is 12.0. The molecule has 1 aliphatic carbocycles. The van der Waals surface area contributed by atoms with Crippen LogP contribution in [0.5, 0.6) is 0 Å². The fraction of sp³-hybridized carbons (Fsp3) is 0.205. The van der Waals surface area contributed by atoms with E-state index >= 15 is 0 Å². The van der Waals surface area contributed by atoms with Crippen LogP contribution in [-0.4, -0.2) is 63.7 Å². The molecule has 11 heteroatoms. The molecule has 0 saturated heterocycles. The van der Waals surface area contributed by atoms with Crippen LogP contribution in [-0.2, 0) is 10.1 Å². The van der Waals surface area contributed by atoms with Crippen LogP contribution >= 0.6 is 23.5 Å². The molecule has 50 heavy (non-hydrogen) atoms. The van der Waals surface area contributed by atoms with Gasteiger partial charge in [0.1, 0.15) is 21.5 Å². The number of nitrogens with two attached hydrogens (primary N) is 2. The van der Waals surface area contributed by atoms with E-state index in [0.717, 1.165) is 35.6 Å². The maximum absolute atomic E-state index is 12.5.